The molecule has 0 aliphatic carbocycles. The van der Waals surface area contributed by atoms with Crippen LogP contribution in [0.4, 0.5) is 5.82 Å². The number of carbonyl (C=O) groups excluding carboxylic acids is 1. The number of amides is 1. The summed E-state index contributed by atoms with van der Waals surface area (Å²) in [6.07, 6.45) is 5.94. The van der Waals surface area contributed by atoms with Crippen molar-refractivity contribution in [1.29, 1.82) is 0 Å². The fraction of sp³-hybridized carbons (Fsp3) is 0.400. The highest BCUT2D eigenvalue weighted by atomic mass is 16.2. The zero-order valence-electron chi connectivity index (χ0n) is 11.7. The molecule has 1 amide bonds. The Bertz CT molecular complexity index is 709. The van der Waals surface area contributed by atoms with E-state index in [1.165, 1.54) is 6.08 Å². The third-order valence-electron chi connectivity index (χ3n) is 4.64. The number of hydrogen-bond acceptors (Lipinski definition) is 4. The van der Waals surface area contributed by atoms with Gasteiger partial charge in [0.25, 0.3) is 0 Å². The quantitative estimate of drug-likeness (QED) is 0.841. The monoisotopic (exact) mass is 283 g/mol. The Labute approximate surface area is 122 Å². The van der Waals surface area contributed by atoms with Crippen molar-refractivity contribution < 1.29 is 4.79 Å². The van der Waals surface area contributed by atoms with Crippen LogP contribution in [0, 0.1) is 5.92 Å². The van der Waals surface area contributed by atoms with E-state index in [1.54, 1.807) is 6.33 Å². The Morgan fingerprint density at radius 2 is 2.33 bits per heavy atom. The molecule has 2 aromatic heterocycles. The van der Waals surface area contributed by atoms with E-state index in [4.69, 9.17) is 0 Å². The van der Waals surface area contributed by atoms with Crippen LogP contribution < -0.4 is 4.90 Å². The lowest BCUT2D eigenvalue weighted by Gasteiger charge is -2.54. The van der Waals surface area contributed by atoms with E-state index < -0.39 is 0 Å². The normalized spacial score (nSPS) is 24.6. The summed E-state index contributed by atoms with van der Waals surface area (Å²) in [5.41, 5.74) is 0.860. The second kappa shape index (κ2) is 4.58. The summed E-state index contributed by atoms with van der Waals surface area (Å²) < 4.78 is 0. The molecule has 0 bridgehead atoms. The summed E-state index contributed by atoms with van der Waals surface area (Å²) in [5.74, 6) is 1.65. The van der Waals surface area contributed by atoms with Crippen LogP contribution in [0.2, 0.25) is 0 Å². The number of carbonyl (C=O) groups is 1. The highest BCUT2D eigenvalue weighted by Gasteiger charge is 2.44. The summed E-state index contributed by atoms with van der Waals surface area (Å²) >= 11 is 0. The van der Waals surface area contributed by atoms with E-state index in [9.17, 15) is 4.79 Å². The molecule has 4 rings (SSSR count). The molecule has 0 saturated carbocycles. The van der Waals surface area contributed by atoms with Gasteiger partial charge < -0.3 is 14.8 Å². The molecule has 4 heterocycles. The largest absolute Gasteiger partial charge is 0.350 e. The fourth-order valence-electron chi connectivity index (χ4n) is 3.46. The molecule has 0 radical (unpaired) electrons. The van der Waals surface area contributed by atoms with Gasteiger partial charge in [-0.3, -0.25) is 4.79 Å². The second-order valence-electron chi connectivity index (χ2n) is 5.69. The average molecular weight is 283 g/mol. The summed E-state index contributed by atoms with van der Waals surface area (Å²) in [5, 5.41) is 1.04. The van der Waals surface area contributed by atoms with Gasteiger partial charge in [-0.15, -0.1) is 0 Å². The maximum Gasteiger partial charge on any atom is 0.246 e. The number of likely N-dealkylation sites (tertiary alicyclic amines) is 1. The molecule has 108 valence electrons. The minimum Gasteiger partial charge on any atom is -0.350 e. The first kappa shape index (κ1) is 12.4. The third kappa shape index (κ3) is 1.82. The Morgan fingerprint density at radius 1 is 1.43 bits per heavy atom. The SMILES string of the molecule is C=CC(=O)N1CCC2CN(c3ncnc4[nH]ccc34)C2C1. The first-order valence-corrected chi connectivity index (χ1v) is 7.24. The summed E-state index contributed by atoms with van der Waals surface area (Å²) in [6.45, 7) is 6.18. The molecule has 21 heavy (non-hydrogen) atoms. The number of aromatic amines is 1. The van der Waals surface area contributed by atoms with Gasteiger partial charge in [0.05, 0.1) is 11.4 Å². The lowest BCUT2D eigenvalue weighted by Crippen LogP contribution is -2.65. The molecular formula is C15H17N5O. The number of piperidine rings is 1. The van der Waals surface area contributed by atoms with Gasteiger partial charge in [-0.2, -0.15) is 0 Å². The number of rotatable bonds is 2. The Morgan fingerprint density at radius 3 is 3.19 bits per heavy atom. The van der Waals surface area contributed by atoms with Crippen molar-refractivity contribution in [3.8, 4) is 0 Å². The van der Waals surface area contributed by atoms with Crippen molar-refractivity contribution in [3.63, 3.8) is 0 Å². The van der Waals surface area contributed by atoms with Crippen LogP contribution in [0.5, 0.6) is 0 Å². The van der Waals surface area contributed by atoms with Gasteiger partial charge in [-0.25, -0.2) is 9.97 Å². The van der Waals surface area contributed by atoms with Crippen molar-refractivity contribution in [2.45, 2.75) is 12.5 Å². The lowest BCUT2D eigenvalue weighted by molar-refractivity contribution is -0.128. The van der Waals surface area contributed by atoms with E-state index in [2.05, 4.69) is 26.4 Å². The second-order valence-corrected chi connectivity index (χ2v) is 5.69. The van der Waals surface area contributed by atoms with Gasteiger partial charge in [0.2, 0.25) is 5.91 Å². The van der Waals surface area contributed by atoms with Crippen molar-refractivity contribution >= 4 is 22.8 Å². The summed E-state index contributed by atoms with van der Waals surface area (Å²) in [7, 11) is 0. The molecule has 2 unspecified atom stereocenters. The van der Waals surface area contributed by atoms with Gasteiger partial charge >= 0.3 is 0 Å². The average Bonchev–Trinajstić information content (AvgIpc) is 2.97. The molecule has 2 atom stereocenters. The van der Waals surface area contributed by atoms with Crippen LogP contribution in [-0.4, -0.2) is 51.4 Å². The van der Waals surface area contributed by atoms with E-state index >= 15 is 0 Å². The highest BCUT2D eigenvalue weighted by molar-refractivity contribution is 5.89. The molecule has 6 heteroatoms. The predicted molar refractivity (Wildman–Crippen MR) is 79.9 cm³/mol. The van der Waals surface area contributed by atoms with Gasteiger partial charge in [-0.1, -0.05) is 6.58 Å². The Kier molecular flexibility index (Phi) is 2.70. The molecule has 2 fully saturated rings. The fourth-order valence-corrected chi connectivity index (χ4v) is 3.46. The Hall–Kier alpha value is -2.37. The van der Waals surface area contributed by atoms with Crippen LogP contribution >= 0.6 is 0 Å². The Balaban J connectivity index is 1.61. The minimum atomic E-state index is 0.0229. The number of H-pyrrole nitrogens is 1. The van der Waals surface area contributed by atoms with Gasteiger partial charge in [0.1, 0.15) is 17.8 Å². The maximum atomic E-state index is 11.8. The number of nitrogens with zero attached hydrogens (tertiary/aromatic N) is 4. The molecule has 2 saturated heterocycles. The summed E-state index contributed by atoms with van der Waals surface area (Å²) in [6, 6.07) is 2.36. The molecule has 6 nitrogen and oxygen atoms in total. The van der Waals surface area contributed by atoms with Crippen molar-refractivity contribution in [1.82, 2.24) is 19.9 Å². The van der Waals surface area contributed by atoms with Gasteiger partial charge in [0, 0.05) is 31.7 Å². The zero-order valence-corrected chi connectivity index (χ0v) is 11.7. The number of aromatic nitrogens is 3. The molecule has 0 aromatic carbocycles. The van der Waals surface area contributed by atoms with Gasteiger partial charge in [0.15, 0.2) is 0 Å². The lowest BCUT2D eigenvalue weighted by atomic mass is 9.82. The maximum absolute atomic E-state index is 11.8. The molecule has 1 N–H and O–H groups in total. The summed E-state index contributed by atoms with van der Waals surface area (Å²) in [4.78, 5) is 27.8. The smallest absolute Gasteiger partial charge is 0.246 e. The molecule has 0 spiro atoms. The van der Waals surface area contributed by atoms with E-state index in [0.717, 1.165) is 42.9 Å². The van der Waals surface area contributed by atoms with Crippen LogP contribution in [0.25, 0.3) is 11.0 Å². The zero-order chi connectivity index (χ0) is 14.4. The van der Waals surface area contributed by atoms with Crippen LogP contribution in [-0.2, 0) is 4.79 Å². The molecular weight excluding hydrogens is 266 g/mol. The number of fused-ring (bicyclic) bond motifs is 2. The van der Waals surface area contributed by atoms with Crippen LogP contribution in [0.1, 0.15) is 6.42 Å². The number of hydrogen-bond donors (Lipinski definition) is 1. The predicted octanol–water partition coefficient (Wildman–Crippen LogP) is 1.18. The molecule has 2 aromatic rings. The standard InChI is InChI=1S/C15H17N5O/c1-2-13(21)19-6-4-10-7-20(12(10)8-19)15-11-3-5-16-14(11)17-9-18-15/h2-3,5,9-10,12H,1,4,6-8H2,(H,16,17,18). The van der Waals surface area contributed by atoms with Crippen molar-refractivity contribution in [2.24, 2.45) is 5.92 Å². The van der Waals surface area contributed by atoms with Gasteiger partial charge in [-0.05, 0) is 18.6 Å². The van der Waals surface area contributed by atoms with E-state index in [-0.39, 0.29) is 5.91 Å². The van der Waals surface area contributed by atoms with Crippen LogP contribution in [0.3, 0.4) is 0 Å². The first-order valence-electron chi connectivity index (χ1n) is 7.24. The topological polar surface area (TPSA) is 65.1 Å². The third-order valence-corrected chi connectivity index (χ3v) is 4.64. The number of anilines is 1. The number of nitrogens with one attached hydrogen (secondary N) is 1. The first-order chi connectivity index (χ1) is 10.3. The molecule has 2 aliphatic heterocycles. The minimum absolute atomic E-state index is 0.0229. The van der Waals surface area contributed by atoms with Crippen molar-refractivity contribution in [2.75, 3.05) is 24.5 Å². The van der Waals surface area contributed by atoms with Crippen molar-refractivity contribution in [3.05, 3.63) is 31.2 Å². The van der Waals surface area contributed by atoms with E-state index in [0.29, 0.717) is 12.0 Å². The van der Waals surface area contributed by atoms with E-state index in [1.807, 2.05) is 17.2 Å². The molecule has 2 aliphatic rings. The van der Waals surface area contributed by atoms with Crippen LogP contribution in [0.15, 0.2) is 31.2 Å². The highest BCUT2D eigenvalue weighted by Crippen LogP contribution is 2.37.